The zero-order valence-electron chi connectivity index (χ0n) is 29.5. The fourth-order valence-electron chi connectivity index (χ4n) is 6.53. The second-order valence-electron chi connectivity index (χ2n) is 13.4. The first-order valence-electron chi connectivity index (χ1n) is 17.6. The van der Waals surface area contributed by atoms with E-state index in [1.54, 1.807) is 33.7 Å². The molecule has 0 radical (unpaired) electrons. The van der Waals surface area contributed by atoms with Gasteiger partial charge < -0.3 is 28.6 Å². The van der Waals surface area contributed by atoms with E-state index in [9.17, 15) is 4.79 Å². The molecular formula is C37H45ClN8O4S. The normalized spacial score (nSPS) is 24.2. The Kier molecular flexibility index (Phi) is 10.6. The molecule has 4 heterocycles. The molecule has 51 heavy (non-hydrogen) atoms. The van der Waals surface area contributed by atoms with Crippen LogP contribution in [-0.4, -0.2) is 91.5 Å². The molecule has 2 aromatic heterocycles. The van der Waals surface area contributed by atoms with E-state index in [4.69, 9.17) is 25.8 Å². The summed E-state index contributed by atoms with van der Waals surface area (Å²) in [6, 6.07) is 16.5. The maximum atomic E-state index is 12.8. The molecule has 2 aliphatic heterocycles. The number of rotatable bonds is 12. The van der Waals surface area contributed by atoms with Crippen molar-refractivity contribution in [3.63, 3.8) is 0 Å². The minimum atomic E-state index is -0.933. The van der Waals surface area contributed by atoms with Gasteiger partial charge in [0.2, 0.25) is 5.79 Å². The van der Waals surface area contributed by atoms with E-state index in [0.29, 0.717) is 19.0 Å². The van der Waals surface area contributed by atoms with Gasteiger partial charge in [-0.1, -0.05) is 43.8 Å². The van der Waals surface area contributed by atoms with Gasteiger partial charge in [-0.2, -0.15) is 5.10 Å². The maximum absolute atomic E-state index is 12.8. The summed E-state index contributed by atoms with van der Waals surface area (Å²) < 4.78 is 24.3. The van der Waals surface area contributed by atoms with Crippen LogP contribution in [0.3, 0.4) is 0 Å². The number of halogens is 1. The molecule has 2 unspecified atom stereocenters. The molecule has 0 N–H and O–H groups in total. The van der Waals surface area contributed by atoms with Crippen LogP contribution < -0.4 is 20.2 Å². The number of nitrogens with zero attached hydrogens (tertiary/aromatic N) is 8. The first kappa shape index (κ1) is 35.4. The van der Waals surface area contributed by atoms with Crippen LogP contribution in [0.5, 0.6) is 5.75 Å². The maximum Gasteiger partial charge on any atom is 0.350 e. The number of hydrogen-bond acceptors (Lipinski definition) is 10. The monoisotopic (exact) mass is 732 g/mol. The van der Waals surface area contributed by atoms with Gasteiger partial charge in [-0.25, -0.2) is 14.0 Å². The Morgan fingerprint density at radius 2 is 1.69 bits per heavy atom. The van der Waals surface area contributed by atoms with Crippen LogP contribution in [0.25, 0.3) is 5.69 Å². The van der Waals surface area contributed by atoms with E-state index in [-0.39, 0.29) is 29.1 Å². The van der Waals surface area contributed by atoms with Crippen molar-refractivity contribution in [2.24, 2.45) is 13.0 Å². The van der Waals surface area contributed by atoms with Crippen molar-refractivity contribution in [1.29, 1.82) is 0 Å². The highest BCUT2D eigenvalue weighted by atomic mass is 35.5. The summed E-state index contributed by atoms with van der Waals surface area (Å²) in [6.45, 7) is 10.5. The van der Waals surface area contributed by atoms with Crippen LogP contribution >= 0.6 is 23.4 Å². The number of ether oxygens (including phenoxy) is 3. The van der Waals surface area contributed by atoms with E-state index in [2.05, 4.69) is 69.3 Å². The lowest BCUT2D eigenvalue weighted by atomic mass is 9.93. The van der Waals surface area contributed by atoms with Gasteiger partial charge in [0, 0.05) is 50.2 Å². The molecule has 270 valence electrons. The fraction of sp³-hybridized carbons (Fsp3) is 0.459. The Bertz CT molecular complexity index is 1900. The molecule has 0 bridgehead atoms. The minimum Gasteiger partial charge on any atom is -0.491 e. The molecule has 0 saturated carbocycles. The molecule has 2 fully saturated rings. The molecular weight excluding hydrogens is 688 g/mol. The van der Waals surface area contributed by atoms with E-state index < -0.39 is 5.79 Å². The number of allylic oxidation sites excluding steroid dienone is 2. The van der Waals surface area contributed by atoms with Crippen molar-refractivity contribution in [3.05, 3.63) is 95.5 Å². The Morgan fingerprint density at radius 3 is 2.31 bits per heavy atom. The Hall–Kier alpha value is -4.04. The number of aromatic nitrogens is 6. The standard InChI is InChI=1S/C37H45ClN8O4S/c1-5-27(3)46-36(47)45(25-40-46)31-9-7-29(8-10-31)43-16-18-44(19-17-43)30-11-13-32(14-12-30)48-21-33-22-49-37(50-33,23-51-35-41-39-24-42(35)4)28-6-15-34(38)26(2)20-28/h6-15,20,24-27,33-34H,5,16-19,21-23H2,1-4H3/t26?,27-,33-,34?,37-/m1/s1. The summed E-state index contributed by atoms with van der Waals surface area (Å²) in [4.78, 5) is 17.6. The summed E-state index contributed by atoms with van der Waals surface area (Å²) in [5.41, 5.74) is 3.99. The smallest absolute Gasteiger partial charge is 0.350 e. The average molecular weight is 733 g/mol. The zero-order valence-corrected chi connectivity index (χ0v) is 31.0. The number of benzene rings is 2. The first-order valence-corrected chi connectivity index (χ1v) is 19.0. The molecule has 3 aliphatic rings. The lowest BCUT2D eigenvalue weighted by Gasteiger charge is -2.37. The van der Waals surface area contributed by atoms with E-state index in [1.165, 1.54) is 0 Å². The van der Waals surface area contributed by atoms with Crippen LogP contribution in [0, 0.1) is 5.92 Å². The third-order valence-corrected chi connectivity index (χ3v) is 11.6. The van der Waals surface area contributed by atoms with Gasteiger partial charge in [-0.3, -0.25) is 0 Å². The molecule has 4 aromatic rings. The second kappa shape index (κ2) is 15.3. The number of piperazine rings is 1. The van der Waals surface area contributed by atoms with Crippen molar-refractivity contribution < 1.29 is 14.2 Å². The topological polar surface area (TPSA) is 105 Å². The third-order valence-electron chi connectivity index (χ3n) is 9.88. The average Bonchev–Trinajstić information content (AvgIpc) is 3.89. The Morgan fingerprint density at radius 1 is 1.02 bits per heavy atom. The van der Waals surface area contributed by atoms with E-state index in [1.807, 2.05) is 55.0 Å². The van der Waals surface area contributed by atoms with Crippen molar-refractivity contribution in [2.75, 3.05) is 54.9 Å². The number of anilines is 2. The number of thioether (sulfide) groups is 1. The van der Waals surface area contributed by atoms with Gasteiger partial charge in [0.05, 0.1) is 29.5 Å². The Labute approximate surface area is 307 Å². The third kappa shape index (κ3) is 7.62. The van der Waals surface area contributed by atoms with Crippen molar-refractivity contribution in [2.45, 2.75) is 55.7 Å². The van der Waals surface area contributed by atoms with Crippen LogP contribution in [-0.2, 0) is 16.5 Å². The molecule has 5 atom stereocenters. The van der Waals surface area contributed by atoms with Crippen molar-refractivity contribution in [3.8, 4) is 11.4 Å². The summed E-state index contributed by atoms with van der Waals surface area (Å²) in [5, 5.41) is 13.3. The minimum absolute atomic E-state index is 0.0617. The molecule has 12 nitrogen and oxygen atoms in total. The summed E-state index contributed by atoms with van der Waals surface area (Å²) in [6.07, 6.45) is 10.1. The SMILES string of the molecule is CC[C@@H](C)n1ncn(-c2ccc(N3CCN(c4ccc(OC[C@@H]5CO[C@@](CSc6nncn6C)(C6=CC(C)C(Cl)C=C6)O5)cc4)CC3)cc2)c1=O. The molecule has 2 aromatic carbocycles. The van der Waals surface area contributed by atoms with Crippen LogP contribution in [0.15, 0.2) is 94.9 Å². The zero-order chi connectivity index (χ0) is 35.5. The van der Waals surface area contributed by atoms with Gasteiger partial charge in [0.15, 0.2) is 5.16 Å². The molecule has 2 saturated heterocycles. The lowest BCUT2D eigenvalue weighted by Crippen LogP contribution is -2.46. The van der Waals surface area contributed by atoms with Crippen molar-refractivity contribution in [1.82, 2.24) is 29.1 Å². The van der Waals surface area contributed by atoms with Crippen molar-refractivity contribution >= 4 is 34.7 Å². The lowest BCUT2D eigenvalue weighted by molar-refractivity contribution is -0.120. The summed E-state index contributed by atoms with van der Waals surface area (Å²) in [7, 11) is 1.92. The van der Waals surface area contributed by atoms with Gasteiger partial charge >= 0.3 is 5.69 Å². The van der Waals surface area contributed by atoms with Crippen LogP contribution in [0.4, 0.5) is 11.4 Å². The highest BCUT2D eigenvalue weighted by Crippen LogP contribution is 2.40. The Balaban J connectivity index is 0.916. The van der Waals surface area contributed by atoms with Gasteiger partial charge in [-0.05, 0) is 67.8 Å². The van der Waals surface area contributed by atoms with Crippen LogP contribution in [0.1, 0.15) is 33.2 Å². The predicted octanol–water partition coefficient (Wildman–Crippen LogP) is 5.48. The summed E-state index contributed by atoms with van der Waals surface area (Å²) >= 11 is 8.01. The van der Waals surface area contributed by atoms with Gasteiger partial charge in [-0.15, -0.1) is 21.8 Å². The number of aryl methyl sites for hydroxylation is 1. The highest BCUT2D eigenvalue weighted by molar-refractivity contribution is 7.99. The summed E-state index contributed by atoms with van der Waals surface area (Å²) in [5.74, 6) is 0.531. The second-order valence-corrected chi connectivity index (χ2v) is 14.8. The quantitative estimate of drug-likeness (QED) is 0.137. The van der Waals surface area contributed by atoms with E-state index in [0.717, 1.165) is 66.1 Å². The highest BCUT2D eigenvalue weighted by Gasteiger charge is 2.45. The van der Waals surface area contributed by atoms with E-state index >= 15 is 0 Å². The van der Waals surface area contributed by atoms with Gasteiger partial charge in [0.1, 0.15) is 31.1 Å². The van der Waals surface area contributed by atoms with Crippen LogP contribution in [0.2, 0.25) is 0 Å². The fourth-order valence-corrected chi connectivity index (χ4v) is 7.67. The van der Waals surface area contributed by atoms with Gasteiger partial charge in [0.25, 0.3) is 0 Å². The molecule has 0 spiro atoms. The first-order chi connectivity index (χ1) is 24.7. The molecule has 14 heteroatoms. The number of hydrogen-bond donors (Lipinski definition) is 0. The molecule has 0 amide bonds. The molecule has 7 rings (SSSR count). The molecule has 1 aliphatic carbocycles. The largest absolute Gasteiger partial charge is 0.491 e. The predicted molar refractivity (Wildman–Crippen MR) is 200 cm³/mol. The number of alkyl halides is 1.